The average Bonchev–Trinajstić information content (AvgIpc) is 2.56. The molecule has 1 aromatic rings. The SMILES string of the molecule is O=C(OCC(O)CO)C(Cc1ccccc1)OCC(O)CO. The quantitative estimate of drug-likeness (QED) is 0.404. The zero-order chi connectivity index (χ0) is 16.4. The lowest BCUT2D eigenvalue weighted by Gasteiger charge is -2.19. The first-order valence-electron chi connectivity index (χ1n) is 6.96. The molecule has 0 heterocycles. The van der Waals surface area contributed by atoms with Crippen LogP contribution in [-0.4, -0.2) is 71.1 Å². The fraction of sp³-hybridized carbons (Fsp3) is 0.533. The van der Waals surface area contributed by atoms with E-state index in [1.54, 1.807) is 0 Å². The van der Waals surface area contributed by atoms with Gasteiger partial charge in [-0.2, -0.15) is 0 Å². The Morgan fingerprint density at radius 3 is 2.18 bits per heavy atom. The molecule has 7 nitrogen and oxygen atoms in total. The van der Waals surface area contributed by atoms with Crippen molar-refractivity contribution < 1.29 is 34.7 Å². The van der Waals surface area contributed by atoms with Gasteiger partial charge in [0.25, 0.3) is 0 Å². The smallest absolute Gasteiger partial charge is 0.335 e. The van der Waals surface area contributed by atoms with Crippen molar-refractivity contribution in [2.45, 2.75) is 24.7 Å². The van der Waals surface area contributed by atoms with E-state index in [4.69, 9.17) is 19.7 Å². The molecule has 0 saturated heterocycles. The van der Waals surface area contributed by atoms with Crippen LogP contribution in [0.3, 0.4) is 0 Å². The predicted octanol–water partition coefficient (Wildman–Crippen LogP) is -1.14. The maximum atomic E-state index is 12.0. The number of ether oxygens (including phenoxy) is 2. The molecule has 1 aromatic carbocycles. The first-order chi connectivity index (χ1) is 10.6. The molecule has 0 bridgehead atoms. The Kier molecular flexibility index (Phi) is 8.64. The van der Waals surface area contributed by atoms with Crippen molar-refractivity contribution >= 4 is 5.97 Å². The second-order valence-corrected chi connectivity index (χ2v) is 4.81. The van der Waals surface area contributed by atoms with E-state index in [0.29, 0.717) is 0 Å². The molecule has 124 valence electrons. The van der Waals surface area contributed by atoms with Crippen molar-refractivity contribution in [3.8, 4) is 0 Å². The third-order valence-electron chi connectivity index (χ3n) is 2.86. The van der Waals surface area contributed by atoms with Gasteiger partial charge in [0.1, 0.15) is 18.8 Å². The topological polar surface area (TPSA) is 116 Å². The van der Waals surface area contributed by atoms with Crippen molar-refractivity contribution in [2.75, 3.05) is 26.4 Å². The number of hydrogen-bond donors (Lipinski definition) is 4. The number of aliphatic hydroxyl groups is 4. The van der Waals surface area contributed by atoms with Crippen molar-refractivity contribution in [1.82, 2.24) is 0 Å². The van der Waals surface area contributed by atoms with Gasteiger partial charge in [-0.25, -0.2) is 4.79 Å². The highest BCUT2D eigenvalue weighted by atomic mass is 16.6. The molecule has 0 aliphatic rings. The summed E-state index contributed by atoms with van der Waals surface area (Å²) in [6.07, 6.45) is -2.99. The van der Waals surface area contributed by atoms with Gasteiger partial charge in [-0.3, -0.25) is 0 Å². The molecule has 0 aliphatic heterocycles. The monoisotopic (exact) mass is 314 g/mol. The van der Waals surface area contributed by atoms with E-state index in [2.05, 4.69) is 0 Å². The highest BCUT2D eigenvalue weighted by Crippen LogP contribution is 2.09. The minimum atomic E-state index is -1.15. The largest absolute Gasteiger partial charge is 0.461 e. The van der Waals surface area contributed by atoms with Gasteiger partial charge in [0.2, 0.25) is 0 Å². The molecule has 0 aromatic heterocycles. The second kappa shape index (κ2) is 10.3. The molecule has 3 unspecified atom stereocenters. The summed E-state index contributed by atoms with van der Waals surface area (Å²) in [5.41, 5.74) is 0.839. The van der Waals surface area contributed by atoms with Crippen LogP contribution < -0.4 is 0 Å². The van der Waals surface area contributed by atoms with Crippen LogP contribution >= 0.6 is 0 Å². The Balaban J connectivity index is 2.62. The second-order valence-electron chi connectivity index (χ2n) is 4.81. The summed E-state index contributed by atoms with van der Waals surface area (Å²) in [5, 5.41) is 36.0. The average molecular weight is 314 g/mol. The zero-order valence-corrected chi connectivity index (χ0v) is 12.2. The van der Waals surface area contributed by atoms with Crippen LogP contribution in [0.1, 0.15) is 5.56 Å². The lowest BCUT2D eigenvalue weighted by atomic mass is 10.1. The van der Waals surface area contributed by atoms with Gasteiger partial charge in [-0.15, -0.1) is 0 Å². The van der Waals surface area contributed by atoms with Gasteiger partial charge in [0, 0.05) is 6.42 Å². The van der Waals surface area contributed by atoms with E-state index in [0.717, 1.165) is 5.56 Å². The molecule has 1 rings (SSSR count). The molecule has 3 atom stereocenters. The summed E-state index contributed by atoms with van der Waals surface area (Å²) in [7, 11) is 0. The van der Waals surface area contributed by atoms with E-state index in [1.165, 1.54) is 0 Å². The van der Waals surface area contributed by atoms with Gasteiger partial charge in [-0.05, 0) is 5.56 Å². The highest BCUT2D eigenvalue weighted by molar-refractivity contribution is 5.75. The van der Waals surface area contributed by atoms with Crippen molar-refractivity contribution in [2.24, 2.45) is 0 Å². The van der Waals surface area contributed by atoms with Gasteiger partial charge >= 0.3 is 5.97 Å². The Bertz CT molecular complexity index is 423. The molecule has 0 saturated carbocycles. The number of esters is 1. The van der Waals surface area contributed by atoms with Crippen LogP contribution in [0, 0.1) is 0 Å². The molecule has 0 spiro atoms. The molecule has 0 fully saturated rings. The standard InChI is InChI=1S/C15H22O7/c16-7-12(18)9-21-14(6-11-4-2-1-3-5-11)15(20)22-10-13(19)8-17/h1-5,12-14,16-19H,6-10H2. The highest BCUT2D eigenvalue weighted by Gasteiger charge is 2.23. The maximum absolute atomic E-state index is 12.0. The molecule has 4 N–H and O–H groups in total. The first-order valence-corrected chi connectivity index (χ1v) is 6.96. The molecule has 0 amide bonds. The van der Waals surface area contributed by atoms with E-state index >= 15 is 0 Å². The first kappa shape index (κ1) is 18.5. The third kappa shape index (κ3) is 6.97. The Morgan fingerprint density at radius 1 is 1.00 bits per heavy atom. The van der Waals surface area contributed by atoms with Crippen LogP contribution in [0.25, 0.3) is 0 Å². The normalized spacial score (nSPS) is 15.1. The minimum Gasteiger partial charge on any atom is -0.461 e. The van der Waals surface area contributed by atoms with E-state index < -0.39 is 37.5 Å². The van der Waals surface area contributed by atoms with E-state index in [-0.39, 0.29) is 19.6 Å². The van der Waals surface area contributed by atoms with E-state index in [1.807, 2.05) is 30.3 Å². The van der Waals surface area contributed by atoms with Crippen molar-refractivity contribution in [3.05, 3.63) is 35.9 Å². The van der Waals surface area contributed by atoms with Crippen molar-refractivity contribution in [1.29, 1.82) is 0 Å². The van der Waals surface area contributed by atoms with Crippen LogP contribution in [0.15, 0.2) is 30.3 Å². The number of hydrogen-bond acceptors (Lipinski definition) is 7. The number of aliphatic hydroxyl groups excluding tert-OH is 4. The zero-order valence-electron chi connectivity index (χ0n) is 12.2. The summed E-state index contributed by atoms with van der Waals surface area (Å²) in [6.45, 7) is -1.55. The summed E-state index contributed by atoms with van der Waals surface area (Å²) in [4.78, 5) is 12.0. The fourth-order valence-electron chi connectivity index (χ4n) is 1.64. The summed E-state index contributed by atoms with van der Waals surface area (Å²) < 4.78 is 10.2. The van der Waals surface area contributed by atoms with Crippen LogP contribution in [0.4, 0.5) is 0 Å². The van der Waals surface area contributed by atoms with Crippen molar-refractivity contribution in [3.63, 3.8) is 0 Å². The lowest BCUT2D eigenvalue weighted by Crippen LogP contribution is -2.34. The van der Waals surface area contributed by atoms with Gasteiger partial charge in [0.15, 0.2) is 6.10 Å². The predicted molar refractivity (Wildman–Crippen MR) is 77.0 cm³/mol. The van der Waals surface area contributed by atoms with Gasteiger partial charge < -0.3 is 29.9 Å². The summed E-state index contributed by atoms with van der Waals surface area (Å²) >= 11 is 0. The maximum Gasteiger partial charge on any atom is 0.335 e. The summed E-state index contributed by atoms with van der Waals surface area (Å²) in [6, 6.07) is 9.10. The number of benzene rings is 1. The number of carbonyl (C=O) groups is 1. The van der Waals surface area contributed by atoms with Gasteiger partial charge in [-0.1, -0.05) is 30.3 Å². The Hall–Kier alpha value is -1.51. The number of carbonyl (C=O) groups excluding carboxylic acids is 1. The third-order valence-corrected chi connectivity index (χ3v) is 2.86. The molecular weight excluding hydrogens is 292 g/mol. The van der Waals surface area contributed by atoms with Crippen LogP contribution in [0.5, 0.6) is 0 Å². The molecular formula is C15H22O7. The molecule has 0 radical (unpaired) electrons. The number of rotatable bonds is 10. The fourth-order valence-corrected chi connectivity index (χ4v) is 1.64. The summed E-state index contributed by atoms with van der Waals surface area (Å²) in [5.74, 6) is -0.707. The van der Waals surface area contributed by atoms with Crippen LogP contribution in [-0.2, 0) is 20.7 Å². The van der Waals surface area contributed by atoms with E-state index in [9.17, 15) is 15.0 Å². The Morgan fingerprint density at radius 2 is 1.59 bits per heavy atom. The van der Waals surface area contributed by atoms with Gasteiger partial charge in [0.05, 0.1) is 19.8 Å². The lowest BCUT2D eigenvalue weighted by molar-refractivity contribution is -0.163. The molecule has 0 aliphatic carbocycles. The van der Waals surface area contributed by atoms with Crippen LogP contribution in [0.2, 0.25) is 0 Å². The minimum absolute atomic E-state index is 0.217. The Labute approximate surface area is 128 Å². The molecule has 7 heteroatoms. The molecule has 22 heavy (non-hydrogen) atoms.